The van der Waals surface area contributed by atoms with Crippen LogP contribution in [-0.4, -0.2) is 41.2 Å². The van der Waals surface area contributed by atoms with Crippen molar-refractivity contribution in [1.82, 2.24) is 0 Å². The predicted octanol–water partition coefficient (Wildman–Crippen LogP) is 5.13. The Morgan fingerprint density at radius 2 is 1.28 bits per heavy atom. The van der Waals surface area contributed by atoms with Crippen molar-refractivity contribution in [2.75, 3.05) is 41.2 Å². The molecule has 0 amide bonds. The van der Waals surface area contributed by atoms with Crippen LogP contribution < -0.4 is 18.9 Å². The topological polar surface area (TPSA) is 55.4 Å². The van der Waals surface area contributed by atoms with Gasteiger partial charge in [-0.25, -0.2) is 0 Å². The molecule has 0 unspecified atom stereocenters. The lowest BCUT2D eigenvalue weighted by Gasteiger charge is -2.19. The van der Waals surface area contributed by atoms with E-state index in [4.69, 9.17) is 28.4 Å². The lowest BCUT2D eigenvalue weighted by atomic mass is 9.85. The van der Waals surface area contributed by atoms with Gasteiger partial charge in [-0.2, -0.15) is 0 Å². The monoisotopic (exact) mass is 440 g/mol. The van der Waals surface area contributed by atoms with E-state index >= 15 is 0 Å². The fraction of sp³-hybridized carbons (Fsp3) is 0.462. The van der Waals surface area contributed by atoms with E-state index in [0.717, 1.165) is 16.9 Å². The minimum atomic E-state index is -0.0362. The molecule has 0 N–H and O–H groups in total. The summed E-state index contributed by atoms with van der Waals surface area (Å²) in [7, 11) is 4.95. The van der Waals surface area contributed by atoms with Gasteiger partial charge >= 0.3 is 0 Å². The third-order valence-electron chi connectivity index (χ3n) is 6.25. The second kappa shape index (κ2) is 9.84. The number of hydrogen-bond acceptors (Lipinski definition) is 6. The Morgan fingerprint density at radius 3 is 1.78 bits per heavy atom. The summed E-state index contributed by atoms with van der Waals surface area (Å²) in [5.74, 6) is 3.42. The minimum Gasteiger partial charge on any atom is -0.493 e. The van der Waals surface area contributed by atoms with Gasteiger partial charge in [-0.1, -0.05) is 17.7 Å². The Kier molecular flexibility index (Phi) is 6.92. The third kappa shape index (κ3) is 4.43. The molecular formula is C26H32O6. The van der Waals surface area contributed by atoms with Crippen molar-refractivity contribution < 1.29 is 28.4 Å². The average molecular weight is 441 g/mol. The maximum absolute atomic E-state index is 6.27. The van der Waals surface area contributed by atoms with Crippen LogP contribution in [0, 0.1) is 11.8 Å². The highest BCUT2D eigenvalue weighted by Gasteiger charge is 2.48. The molecule has 0 aromatic heterocycles. The summed E-state index contributed by atoms with van der Waals surface area (Å²) in [6, 6.07) is 12.0. The van der Waals surface area contributed by atoms with Gasteiger partial charge in [0, 0.05) is 11.8 Å². The number of allylic oxidation sites excluding steroid dienone is 1. The molecule has 6 nitrogen and oxygen atoms in total. The van der Waals surface area contributed by atoms with Crippen molar-refractivity contribution in [2.45, 2.75) is 26.1 Å². The average Bonchev–Trinajstić information content (AvgIpc) is 3.41. The molecule has 0 spiro atoms. The fourth-order valence-electron chi connectivity index (χ4n) is 4.54. The molecule has 0 radical (unpaired) electrons. The maximum atomic E-state index is 6.27. The molecule has 2 heterocycles. The minimum absolute atomic E-state index is 0.0293. The summed E-state index contributed by atoms with van der Waals surface area (Å²) in [5.41, 5.74) is 3.39. The standard InChI is InChI=1S/C26H32O6/c1-16(2)10-11-30-22-9-7-18(13-24(22)29-5)26-20-15-31-25(19(20)14-32-26)17-6-8-21(27-3)23(12-17)28-4/h6-10,12-13,19-20,25-26H,11,14-15H2,1-5H3/t19-,20-,25-,26+/m0/s1. The highest BCUT2D eigenvalue weighted by molar-refractivity contribution is 5.45. The van der Waals surface area contributed by atoms with Crippen LogP contribution in [0.1, 0.15) is 37.2 Å². The van der Waals surface area contributed by atoms with Crippen LogP contribution >= 0.6 is 0 Å². The first-order valence-electron chi connectivity index (χ1n) is 10.9. The van der Waals surface area contributed by atoms with Crippen molar-refractivity contribution in [3.8, 4) is 23.0 Å². The molecule has 2 saturated heterocycles. The van der Waals surface area contributed by atoms with Gasteiger partial charge in [-0.15, -0.1) is 0 Å². The Labute approximate surface area is 190 Å². The summed E-state index contributed by atoms with van der Waals surface area (Å²) in [6.07, 6.45) is 1.98. The Balaban J connectivity index is 1.50. The van der Waals surface area contributed by atoms with E-state index in [1.54, 1.807) is 21.3 Å². The molecule has 2 aliphatic rings. The second-order valence-electron chi connectivity index (χ2n) is 8.45. The van der Waals surface area contributed by atoms with Crippen molar-refractivity contribution in [1.29, 1.82) is 0 Å². The molecule has 2 aliphatic heterocycles. The number of ether oxygens (including phenoxy) is 6. The smallest absolute Gasteiger partial charge is 0.161 e. The number of hydrogen-bond donors (Lipinski definition) is 0. The Bertz CT molecular complexity index is 965. The molecule has 4 rings (SSSR count). The van der Waals surface area contributed by atoms with Gasteiger partial charge in [0.05, 0.1) is 46.8 Å². The lowest BCUT2D eigenvalue weighted by Crippen LogP contribution is -2.14. The largest absolute Gasteiger partial charge is 0.493 e. The molecule has 4 atom stereocenters. The lowest BCUT2D eigenvalue weighted by molar-refractivity contribution is 0.0191. The van der Waals surface area contributed by atoms with Crippen LogP contribution in [0.4, 0.5) is 0 Å². The maximum Gasteiger partial charge on any atom is 0.161 e. The number of fused-ring (bicyclic) bond motifs is 1. The van der Waals surface area contributed by atoms with E-state index in [9.17, 15) is 0 Å². The van der Waals surface area contributed by atoms with Gasteiger partial charge in [0.15, 0.2) is 23.0 Å². The molecule has 2 aromatic rings. The van der Waals surface area contributed by atoms with Gasteiger partial charge in [0.1, 0.15) is 6.61 Å². The summed E-state index contributed by atoms with van der Waals surface area (Å²) < 4.78 is 34.8. The van der Waals surface area contributed by atoms with Crippen molar-refractivity contribution in [3.05, 3.63) is 59.2 Å². The summed E-state index contributed by atoms with van der Waals surface area (Å²) in [5, 5.41) is 0. The predicted molar refractivity (Wildman–Crippen MR) is 122 cm³/mol. The fourth-order valence-corrected chi connectivity index (χ4v) is 4.54. The molecule has 172 valence electrons. The van der Waals surface area contributed by atoms with E-state index in [1.165, 1.54) is 5.57 Å². The number of rotatable bonds is 8. The van der Waals surface area contributed by atoms with Gasteiger partial charge < -0.3 is 28.4 Å². The summed E-state index contributed by atoms with van der Waals surface area (Å²) in [6.45, 7) is 5.92. The molecule has 0 bridgehead atoms. The normalized spacial score (nSPS) is 24.0. The van der Waals surface area contributed by atoms with E-state index in [-0.39, 0.29) is 24.0 Å². The van der Waals surface area contributed by atoms with Crippen LogP contribution in [0.5, 0.6) is 23.0 Å². The molecule has 2 aromatic carbocycles. The van der Waals surface area contributed by atoms with Gasteiger partial charge in [-0.05, 0) is 55.3 Å². The molecule has 0 aliphatic carbocycles. The zero-order chi connectivity index (χ0) is 22.7. The van der Waals surface area contributed by atoms with Crippen LogP contribution in [-0.2, 0) is 9.47 Å². The van der Waals surface area contributed by atoms with E-state index in [1.807, 2.05) is 36.4 Å². The second-order valence-corrected chi connectivity index (χ2v) is 8.45. The van der Waals surface area contributed by atoms with Gasteiger partial charge in [-0.3, -0.25) is 0 Å². The molecule has 0 saturated carbocycles. The first-order chi connectivity index (χ1) is 15.5. The zero-order valence-electron chi connectivity index (χ0n) is 19.4. The van der Waals surface area contributed by atoms with E-state index in [2.05, 4.69) is 19.9 Å². The van der Waals surface area contributed by atoms with Gasteiger partial charge in [0.2, 0.25) is 0 Å². The SMILES string of the molecule is COc1ccc([C@@H]2OC[C@H]3[C@@H]2CO[C@@H]3c2ccc(OCC=C(C)C)c(OC)c2)cc1OC. The van der Waals surface area contributed by atoms with Crippen LogP contribution in [0.2, 0.25) is 0 Å². The molecule has 2 fully saturated rings. The molecular weight excluding hydrogens is 408 g/mol. The Morgan fingerprint density at radius 1 is 0.781 bits per heavy atom. The number of benzene rings is 2. The first-order valence-corrected chi connectivity index (χ1v) is 10.9. The summed E-state index contributed by atoms with van der Waals surface area (Å²) >= 11 is 0. The third-order valence-corrected chi connectivity index (χ3v) is 6.25. The highest BCUT2D eigenvalue weighted by Crippen LogP contribution is 2.51. The summed E-state index contributed by atoms with van der Waals surface area (Å²) in [4.78, 5) is 0. The van der Waals surface area contributed by atoms with Gasteiger partial charge in [0.25, 0.3) is 0 Å². The highest BCUT2D eigenvalue weighted by atomic mass is 16.5. The van der Waals surface area contributed by atoms with Crippen LogP contribution in [0.3, 0.4) is 0 Å². The van der Waals surface area contributed by atoms with Crippen molar-refractivity contribution in [2.24, 2.45) is 11.8 Å². The Hall–Kier alpha value is -2.70. The van der Waals surface area contributed by atoms with E-state index < -0.39 is 0 Å². The first kappa shape index (κ1) is 22.5. The van der Waals surface area contributed by atoms with Crippen LogP contribution in [0.25, 0.3) is 0 Å². The van der Waals surface area contributed by atoms with E-state index in [0.29, 0.717) is 37.1 Å². The van der Waals surface area contributed by atoms with Crippen molar-refractivity contribution in [3.63, 3.8) is 0 Å². The van der Waals surface area contributed by atoms with Crippen LogP contribution in [0.15, 0.2) is 48.0 Å². The molecule has 32 heavy (non-hydrogen) atoms. The van der Waals surface area contributed by atoms with Crippen molar-refractivity contribution >= 4 is 0 Å². The number of methoxy groups -OCH3 is 3. The molecule has 6 heteroatoms. The quantitative estimate of drug-likeness (QED) is 0.530. The zero-order valence-corrected chi connectivity index (χ0v) is 19.4.